The van der Waals surface area contributed by atoms with Gasteiger partial charge in [0.25, 0.3) is 5.91 Å². The molecule has 3 aliphatic rings. The number of carbonyl (C=O) groups excluding carboxylic acids is 1. The van der Waals surface area contributed by atoms with E-state index in [0.29, 0.717) is 23.9 Å². The fourth-order valence-electron chi connectivity index (χ4n) is 6.18. The summed E-state index contributed by atoms with van der Waals surface area (Å²) >= 11 is 0. The first-order chi connectivity index (χ1) is 17.1. The van der Waals surface area contributed by atoms with Crippen molar-refractivity contribution in [1.82, 2.24) is 20.4 Å². The second kappa shape index (κ2) is 11.1. The lowest BCUT2D eigenvalue weighted by molar-refractivity contribution is 0.0876. The van der Waals surface area contributed by atoms with Crippen molar-refractivity contribution >= 4 is 5.91 Å². The first-order valence-electron chi connectivity index (χ1n) is 13.8. The molecule has 2 aromatic rings. The summed E-state index contributed by atoms with van der Waals surface area (Å²) in [4.78, 5) is 15.7. The van der Waals surface area contributed by atoms with Gasteiger partial charge in [0.05, 0.1) is 11.8 Å². The second-order valence-corrected chi connectivity index (χ2v) is 10.8. The second-order valence-electron chi connectivity index (χ2n) is 10.8. The van der Waals surface area contributed by atoms with E-state index in [-0.39, 0.29) is 11.9 Å². The molecule has 3 fully saturated rings. The molecule has 188 valence electrons. The van der Waals surface area contributed by atoms with Crippen LogP contribution in [0.25, 0.3) is 11.1 Å². The molecule has 0 radical (unpaired) electrons. The van der Waals surface area contributed by atoms with Crippen molar-refractivity contribution in [1.29, 1.82) is 0 Å². The fourth-order valence-corrected chi connectivity index (χ4v) is 6.18. The standard InChI is InChI=1S/C29H40N4O2/c1-3-4-10-27-26(20-11-15-25(16-12-20)35-24-8-6-5-7-9-24)19-28(32-31-27)29(34)30-21-17-22-13-14-23(18-21)33(22)2/h11-12,15-16,19,21-24H,3-10,13-14,17-18H2,1-2H3,(H,30,34). The van der Waals surface area contributed by atoms with Crippen LogP contribution in [0.1, 0.15) is 93.7 Å². The number of carbonyl (C=O) groups is 1. The summed E-state index contributed by atoms with van der Waals surface area (Å²) < 4.78 is 6.22. The summed E-state index contributed by atoms with van der Waals surface area (Å²) in [5.74, 6) is 0.819. The quantitative estimate of drug-likeness (QED) is 0.541. The highest BCUT2D eigenvalue weighted by atomic mass is 16.5. The van der Waals surface area contributed by atoms with Crippen LogP contribution in [-0.4, -0.2) is 52.3 Å². The van der Waals surface area contributed by atoms with E-state index in [1.54, 1.807) is 0 Å². The number of piperidine rings is 1. The number of hydrogen-bond donors (Lipinski definition) is 1. The summed E-state index contributed by atoms with van der Waals surface area (Å²) in [6.07, 6.45) is 14.0. The molecule has 35 heavy (non-hydrogen) atoms. The van der Waals surface area contributed by atoms with Gasteiger partial charge in [0, 0.05) is 23.7 Å². The predicted octanol–water partition coefficient (Wildman–Crippen LogP) is 5.55. The van der Waals surface area contributed by atoms with Crippen molar-refractivity contribution in [3.8, 4) is 16.9 Å². The van der Waals surface area contributed by atoms with Crippen LogP contribution >= 0.6 is 0 Å². The molecule has 3 heterocycles. The Bertz CT molecular complexity index is 988. The SMILES string of the molecule is CCCCc1nnc(C(=O)NC2CC3CCC(C2)N3C)cc1-c1ccc(OC2CCCCC2)cc1. The van der Waals surface area contributed by atoms with Gasteiger partial charge in [-0.1, -0.05) is 31.9 Å². The van der Waals surface area contributed by atoms with Crippen LogP contribution in [0.4, 0.5) is 0 Å². The fraction of sp³-hybridized carbons (Fsp3) is 0.621. The first-order valence-corrected chi connectivity index (χ1v) is 13.8. The average molecular weight is 477 g/mol. The molecule has 1 aromatic heterocycles. The monoisotopic (exact) mass is 476 g/mol. The smallest absolute Gasteiger partial charge is 0.272 e. The molecule has 2 aliphatic heterocycles. The van der Waals surface area contributed by atoms with Crippen molar-refractivity contribution < 1.29 is 9.53 Å². The van der Waals surface area contributed by atoms with Crippen molar-refractivity contribution in [2.45, 2.75) is 108 Å². The van der Waals surface area contributed by atoms with Crippen molar-refractivity contribution in [2.24, 2.45) is 0 Å². The lowest BCUT2D eigenvalue weighted by Gasteiger charge is -2.36. The van der Waals surface area contributed by atoms with Crippen LogP contribution < -0.4 is 10.1 Å². The third kappa shape index (κ3) is 5.69. The van der Waals surface area contributed by atoms with Gasteiger partial charge in [-0.15, -0.1) is 5.10 Å². The lowest BCUT2D eigenvalue weighted by atomic mass is 9.97. The van der Waals surface area contributed by atoms with Crippen LogP contribution in [0.15, 0.2) is 30.3 Å². The molecule has 2 atom stereocenters. The molecule has 2 saturated heterocycles. The zero-order valence-electron chi connectivity index (χ0n) is 21.3. The van der Waals surface area contributed by atoms with Gasteiger partial charge in [-0.25, -0.2) is 0 Å². The molecular formula is C29H40N4O2. The van der Waals surface area contributed by atoms with Gasteiger partial charge >= 0.3 is 0 Å². The van der Waals surface area contributed by atoms with Crippen LogP contribution in [0, 0.1) is 0 Å². The molecule has 2 unspecified atom stereocenters. The Morgan fingerprint density at radius 3 is 2.43 bits per heavy atom. The number of aromatic nitrogens is 2. The van der Waals surface area contributed by atoms with Gasteiger partial charge < -0.3 is 15.0 Å². The molecule has 6 heteroatoms. The van der Waals surface area contributed by atoms with E-state index in [1.807, 2.05) is 6.07 Å². The third-order valence-electron chi connectivity index (χ3n) is 8.32. The summed E-state index contributed by atoms with van der Waals surface area (Å²) in [5, 5.41) is 12.1. The van der Waals surface area contributed by atoms with Gasteiger partial charge in [-0.2, -0.15) is 5.10 Å². The number of benzene rings is 1. The summed E-state index contributed by atoms with van der Waals surface area (Å²) in [7, 11) is 2.22. The van der Waals surface area contributed by atoms with Crippen LogP contribution in [0.2, 0.25) is 0 Å². The Labute approximate surface area is 209 Å². The highest BCUT2D eigenvalue weighted by Crippen LogP contribution is 2.34. The predicted molar refractivity (Wildman–Crippen MR) is 139 cm³/mol. The summed E-state index contributed by atoms with van der Waals surface area (Å²) in [6.45, 7) is 2.18. The minimum absolute atomic E-state index is 0.105. The number of fused-ring (bicyclic) bond motifs is 2. The van der Waals surface area contributed by atoms with E-state index in [1.165, 1.54) is 32.1 Å². The number of nitrogens with zero attached hydrogens (tertiary/aromatic N) is 3. The van der Waals surface area contributed by atoms with Gasteiger partial charge in [-0.05, 0) is 95.0 Å². The number of hydrogen-bond acceptors (Lipinski definition) is 5. The molecule has 1 amide bonds. The van der Waals surface area contributed by atoms with Crippen LogP contribution in [0.3, 0.4) is 0 Å². The Morgan fingerprint density at radius 2 is 1.74 bits per heavy atom. The largest absolute Gasteiger partial charge is 0.490 e. The summed E-state index contributed by atoms with van der Waals surface area (Å²) in [5.41, 5.74) is 3.44. The number of ether oxygens (including phenoxy) is 1. The van der Waals surface area contributed by atoms with Crippen LogP contribution in [-0.2, 0) is 6.42 Å². The molecule has 0 spiro atoms. The maximum Gasteiger partial charge on any atom is 0.272 e. The number of amides is 1. The Balaban J connectivity index is 1.31. The van der Waals surface area contributed by atoms with E-state index in [9.17, 15) is 4.79 Å². The maximum absolute atomic E-state index is 13.2. The Kier molecular flexibility index (Phi) is 7.66. The molecule has 5 rings (SSSR count). The highest BCUT2D eigenvalue weighted by molar-refractivity contribution is 5.93. The van der Waals surface area contributed by atoms with Gasteiger partial charge in [0.1, 0.15) is 5.75 Å². The van der Waals surface area contributed by atoms with Crippen molar-refractivity contribution in [3.05, 3.63) is 41.7 Å². The van der Waals surface area contributed by atoms with Gasteiger partial charge in [0.2, 0.25) is 0 Å². The molecule has 1 N–H and O–H groups in total. The van der Waals surface area contributed by atoms with Crippen LogP contribution in [0.5, 0.6) is 5.75 Å². The molecule has 1 aliphatic carbocycles. The van der Waals surface area contributed by atoms with E-state index in [0.717, 1.165) is 67.5 Å². The number of unbranched alkanes of at least 4 members (excludes halogenated alkanes) is 1. The minimum atomic E-state index is -0.105. The van der Waals surface area contributed by atoms with Gasteiger partial charge in [0.15, 0.2) is 5.69 Å². The van der Waals surface area contributed by atoms with E-state index in [2.05, 4.69) is 58.7 Å². The van der Waals surface area contributed by atoms with E-state index in [4.69, 9.17) is 4.74 Å². The average Bonchev–Trinajstić information content (AvgIpc) is 3.08. The zero-order chi connectivity index (χ0) is 24.2. The maximum atomic E-state index is 13.2. The normalized spacial score (nSPS) is 24.9. The summed E-state index contributed by atoms with van der Waals surface area (Å²) in [6, 6.07) is 11.6. The molecule has 6 nitrogen and oxygen atoms in total. The molecule has 1 saturated carbocycles. The minimum Gasteiger partial charge on any atom is -0.490 e. The van der Waals surface area contributed by atoms with E-state index < -0.39 is 0 Å². The Hall–Kier alpha value is -2.47. The van der Waals surface area contributed by atoms with Gasteiger partial charge in [-0.3, -0.25) is 4.79 Å². The Morgan fingerprint density at radius 1 is 1.03 bits per heavy atom. The molecule has 2 bridgehead atoms. The number of rotatable bonds is 8. The van der Waals surface area contributed by atoms with E-state index >= 15 is 0 Å². The molecule has 1 aromatic carbocycles. The van der Waals surface area contributed by atoms with Crippen molar-refractivity contribution in [3.63, 3.8) is 0 Å². The zero-order valence-corrected chi connectivity index (χ0v) is 21.3. The first kappa shape index (κ1) is 24.2. The van der Waals surface area contributed by atoms with Crippen molar-refractivity contribution in [2.75, 3.05) is 7.05 Å². The topological polar surface area (TPSA) is 67.4 Å². The number of nitrogens with one attached hydrogen (secondary N) is 1. The molecular weight excluding hydrogens is 436 g/mol. The lowest BCUT2D eigenvalue weighted by Crippen LogP contribution is -2.48. The number of aryl methyl sites for hydroxylation is 1. The third-order valence-corrected chi connectivity index (χ3v) is 8.32. The highest BCUT2D eigenvalue weighted by Gasteiger charge is 2.39.